The van der Waals surface area contributed by atoms with Crippen LogP contribution in [0.15, 0.2) is 24.3 Å². The van der Waals surface area contributed by atoms with Crippen LogP contribution in [0, 0.1) is 5.41 Å². The molecule has 18 heavy (non-hydrogen) atoms. The second-order valence-corrected chi connectivity index (χ2v) is 3.47. The number of hydrogen-bond acceptors (Lipinski definition) is 5. The number of amides is 1. The molecule has 0 saturated heterocycles. The number of rotatable bonds is 9. The van der Waals surface area contributed by atoms with E-state index in [0.29, 0.717) is 19.6 Å². The number of carbonyl (C=O) groups excluding carboxylic acids is 1. The van der Waals surface area contributed by atoms with Crippen molar-refractivity contribution in [3.05, 3.63) is 35.4 Å². The summed E-state index contributed by atoms with van der Waals surface area (Å²) in [7, 11) is 0. The molecule has 0 atom stereocenters. The summed E-state index contributed by atoms with van der Waals surface area (Å²) < 4.78 is 0. The highest BCUT2D eigenvalue weighted by Gasteiger charge is 2.00. The molecule has 0 fully saturated rings. The summed E-state index contributed by atoms with van der Waals surface area (Å²) >= 11 is 0. The lowest BCUT2D eigenvalue weighted by Gasteiger charge is -2.17. The van der Waals surface area contributed by atoms with Crippen molar-refractivity contribution in [2.24, 2.45) is 0 Å². The number of carbonyl (C=O) groups is 1. The van der Waals surface area contributed by atoms with Gasteiger partial charge in [0.2, 0.25) is 6.41 Å². The fourth-order valence-electron chi connectivity index (χ4n) is 1.41. The first kappa shape index (κ1) is 14.3. The minimum Gasteiger partial charge on any atom is -0.308 e. The zero-order valence-corrected chi connectivity index (χ0v) is 10.3. The molecule has 0 aromatic heterocycles. The largest absolute Gasteiger partial charge is 0.308 e. The topological polar surface area (TPSA) is 77.5 Å². The lowest BCUT2D eigenvalue weighted by molar-refractivity contribution is -0.173. The van der Waals surface area contributed by atoms with Crippen LogP contribution in [0.1, 0.15) is 18.1 Å². The third-order valence-electron chi connectivity index (χ3n) is 2.26. The van der Waals surface area contributed by atoms with Crippen LogP contribution in [-0.4, -0.2) is 31.0 Å². The van der Waals surface area contributed by atoms with Gasteiger partial charge >= 0.3 is 0 Å². The Morgan fingerprint density at radius 1 is 1.39 bits per heavy atom. The molecular formula is C12H18N4O2. The second kappa shape index (κ2) is 8.35. The fraction of sp³-hybridized carbons (Fsp3) is 0.333. The number of hydrazine groups is 1. The molecule has 98 valence electrons. The molecule has 0 saturated carbocycles. The van der Waals surface area contributed by atoms with E-state index < -0.39 is 0 Å². The Morgan fingerprint density at radius 2 is 2.17 bits per heavy atom. The average molecular weight is 250 g/mol. The van der Waals surface area contributed by atoms with Gasteiger partial charge in [0.25, 0.3) is 0 Å². The third kappa shape index (κ3) is 4.62. The maximum absolute atomic E-state index is 10.6. The summed E-state index contributed by atoms with van der Waals surface area (Å²) in [6, 6.07) is 7.62. The molecule has 0 aliphatic carbocycles. The molecule has 1 aromatic rings. The number of benzene rings is 1. The highest BCUT2D eigenvalue weighted by Crippen LogP contribution is 2.04. The van der Waals surface area contributed by atoms with Gasteiger partial charge in [0.1, 0.15) is 6.67 Å². The minimum absolute atomic E-state index is 0.254. The summed E-state index contributed by atoms with van der Waals surface area (Å²) in [5.41, 5.74) is 7.70. The van der Waals surface area contributed by atoms with E-state index in [9.17, 15) is 4.79 Å². The fourth-order valence-corrected chi connectivity index (χ4v) is 1.41. The Balaban J connectivity index is 2.33. The predicted octanol–water partition coefficient (Wildman–Crippen LogP) is 0.646. The van der Waals surface area contributed by atoms with Crippen molar-refractivity contribution in [2.45, 2.75) is 13.5 Å². The standard InChI is InChI=1S/C12H18N4O2/c1-2-18-16(10-17)9-15-14-8-12-6-4-3-5-11(12)7-13/h3-7,10,13-15H,2,8-9H2,1H3. The SMILES string of the molecule is CCON(C=O)CNNCc1ccccc1C=N. The van der Waals surface area contributed by atoms with Gasteiger partial charge in [-0.15, -0.1) is 0 Å². The van der Waals surface area contributed by atoms with E-state index in [0.717, 1.165) is 16.2 Å². The Morgan fingerprint density at radius 3 is 2.83 bits per heavy atom. The minimum atomic E-state index is 0.254. The van der Waals surface area contributed by atoms with E-state index in [-0.39, 0.29) is 6.67 Å². The van der Waals surface area contributed by atoms with Crippen molar-refractivity contribution in [1.29, 1.82) is 5.41 Å². The monoisotopic (exact) mass is 250 g/mol. The first-order valence-corrected chi connectivity index (χ1v) is 5.70. The summed E-state index contributed by atoms with van der Waals surface area (Å²) in [5.74, 6) is 0. The van der Waals surface area contributed by atoms with Crippen LogP contribution in [0.25, 0.3) is 0 Å². The lowest BCUT2D eigenvalue weighted by atomic mass is 10.1. The Kier molecular flexibility index (Phi) is 6.63. The van der Waals surface area contributed by atoms with E-state index >= 15 is 0 Å². The van der Waals surface area contributed by atoms with E-state index in [4.69, 9.17) is 10.2 Å². The van der Waals surface area contributed by atoms with Gasteiger partial charge in [-0.2, -0.15) is 0 Å². The average Bonchev–Trinajstić information content (AvgIpc) is 2.42. The van der Waals surface area contributed by atoms with E-state index in [2.05, 4.69) is 10.9 Å². The van der Waals surface area contributed by atoms with Crippen LogP contribution >= 0.6 is 0 Å². The molecule has 1 rings (SSSR count). The van der Waals surface area contributed by atoms with Gasteiger partial charge in [-0.3, -0.25) is 15.1 Å². The second-order valence-electron chi connectivity index (χ2n) is 3.47. The third-order valence-corrected chi connectivity index (χ3v) is 2.26. The van der Waals surface area contributed by atoms with E-state index in [1.165, 1.54) is 6.21 Å². The smallest absolute Gasteiger partial charge is 0.234 e. The Labute approximate surface area is 106 Å². The first-order chi connectivity index (χ1) is 8.81. The maximum Gasteiger partial charge on any atom is 0.234 e. The maximum atomic E-state index is 10.6. The highest BCUT2D eigenvalue weighted by molar-refractivity contribution is 5.79. The summed E-state index contributed by atoms with van der Waals surface area (Å²) in [6.07, 6.45) is 1.93. The van der Waals surface area contributed by atoms with Crippen LogP contribution in [-0.2, 0) is 16.2 Å². The molecule has 0 spiro atoms. The Hall–Kier alpha value is -1.76. The van der Waals surface area contributed by atoms with Gasteiger partial charge in [0, 0.05) is 12.8 Å². The van der Waals surface area contributed by atoms with Crippen LogP contribution in [0.4, 0.5) is 0 Å². The van der Waals surface area contributed by atoms with E-state index in [1.54, 1.807) is 0 Å². The van der Waals surface area contributed by atoms with Gasteiger partial charge in [0.05, 0.1) is 6.61 Å². The normalized spacial score (nSPS) is 10.1. The lowest BCUT2D eigenvalue weighted by Crippen LogP contribution is -2.41. The van der Waals surface area contributed by atoms with Crippen LogP contribution in [0.5, 0.6) is 0 Å². The molecule has 0 unspecified atom stereocenters. The molecule has 6 nitrogen and oxygen atoms in total. The van der Waals surface area contributed by atoms with Gasteiger partial charge in [0.15, 0.2) is 0 Å². The summed E-state index contributed by atoms with van der Waals surface area (Å²) in [4.78, 5) is 15.6. The highest BCUT2D eigenvalue weighted by atomic mass is 16.7. The zero-order chi connectivity index (χ0) is 13.2. The Bertz CT molecular complexity index is 384. The molecule has 0 heterocycles. The van der Waals surface area contributed by atoms with Crippen LogP contribution in [0.2, 0.25) is 0 Å². The van der Waals surface area contributed by atoms with Gasteiger partial charge in [-0.05, 0) is 18.1 Å². The van der Waals surface area contributed by atoms with E-state index in [1.807, 2.05) is 31.2 Å². The number of nitrogens with zero attached hydrogens (tertiary/aromatic N) is 1. The van der Waals surface area contributed by atoms with Gasteiger partial charge < -0.3 is 5.41 Å². The molecule has 0 bridgehead atoms. The summed E-state index contributed by atoms with van der Waals surface area (Å²) in [6.45, 7) is 3.07. The van der Waals surface area contributed by atoms with Gasteiger partial charge in [-0.25, -0.2) is 10.5 Å². The van der Waals surface area contributed by atoms with Crippen LogP contribution < -0.4 is 10.9 Å². The molecule has 1 aromatic carbocycles. The number of hydroxylamine groups is 2. The predicted molar refractivity (Wildman–Crippen MR) is 68.7 cm³/mol. The number of hydrogen-bond donors (Lipinski definition) is 3. The van der Waals surface area contributed by atoms with Crippen molar-refractivity contribution in [3.8, 4) is 0 Å². The summed E-state index contributed by atoms with van der Waals surface area (Å²) in [5, 5.41) is 8.43. The van der Waals surface area contributed by atoms with Crippen LogP contribution in [0.3, 0.4) is 0 Å². The first-order valence-electron chi connectivity index (χ1n) is 5.70. The molecule has 0 radical (unpaired) electrons. The number of nitrogens with one attached hydrogen (secondary N) is 3. The molecule has 0 aliphatic heterocycles. The van der Waals surface area contributed by atoms with Crippen molar-refractivity contribution < 1.29 is 9.63 Å². The molecule has 1 amide bonds. The molecule has 6 heteroatoms. The molecule has 0 aliphatic rings. The van der Waals surface area contributed by atoms with Crippen molar-refractivity contribution >= 4 is 12.6 Å². The molecular weight excluding hydrogens is 232 g/mol. The van der Waals surface area contributed by atoms with Crippen molar-refractivity contribution in [3.63, 3.8) is 0 Å². The van der Waals surface area contributed by atoms with Crippen molar-refractivity contribution in [1.82, 2.24) is 15.9 Å². The zero-order valence-electron chi connectivity index (χ0n) is 10.3. The molecule has 3 N–H and O–H groups in total. The van der Waals surface area contributed by atoms with Crippen molar-refractivity contribution in [2.75, 3.05) is 13.3 Å². The van der Waals surface area contributed by atoms with Gasteiger partial charge in [-0.1, -0.05) is 24.3 Å². The quantitative estimate of drug-likeness (QED) is 0.198.